The third-order valence-electron chi connectivity index (χ3n) is 3.34. The molecule has 0 aliphatic heterocycles. The van der Waals surface area contributed by atoms with Gasteiger partial charge in [-0.05, 0) is 44.2 Å². The van der Waals surface area contributed by atoms with E-state index in [1.54, 1.807) is 12.4 Å². The number of aromatic nitrogens is 1. The first kappa shape index (κ1) is 10.6. The Hall–Kier alpha value is -0.960. The van der Waals surface area contributed by atoms with Crippen molar-refractivity contribution in [1.82, 2.24) is 4.98 Å². The zero-order valence-electron chi connectivity index (χ0n) is 9.04. The highest BCUT2D eigenvalue weighted by Gasteiger charge is 2.37. The number of rotatable bonds is 1. The molecule has 0 atom stereocenters. The lowest BCUT2D eigenvalue weighted by molar-refractivity contribution is 0.0968. The van der Waals surface area contributed by atoms with Crippen molar-refractivity contribution in [2.45, 2.75) is 44.3 Å². The van der Waals surface area contributed by atoms with E-state index in [0.717, 1.165) is 24.0 Å². The molecule has 0 amide bonds. The molecule has 1 fully saturated rings. The molecule has 2 N–H and O–H groups in total. The number of hydrogen-bond acceptors (Lipinski definition) is 2. The monoisotopic (exact) mass is 208 g/mol. The van der Waals surface area contributed by atoms with Gasteiger partial charge in [-0.3, -0.25) is 4.98 Å². The number of hydrogen-bond donors (Lipinski definition) is 1. The normalized spacial score (nSPS) is 31.5. The number of halogens is 1. The van der Waals surface area contributed by atoms with Crippen LogP contribution in [-0.4, -0.2) is 11.0 Å². The second-order valence-electron chi connectivity index (χ2n) is 4.49. The molecule has 0 bridgehead atoms. The Balaban J connectivity index is 2.26. The molecule has 2 nitrogen and oxygen atoms in total. The second kappa shape index (κ2) is 3.89. The molecule has 1 aromatic heterocycles. The summed E-state index contributed by atoms with van der Waals surface area (Å²) < 4.78 is 14.6. The predicted molar refractivity (Wildman–Crippen MR) is 58.2 cm³/mol. The molecule has 15 heavy (non-hydrogen) atoms. The topological polar surface area (TPSA) is 38.9 Å². The van der Waals surface area contributed by atoms with Gasteiger partial charge in [0.2, 0.25) is 0 Å². The minimum Gasteiger partial charge on any atom is -0.328 e. The largest absolute Gasteiger partial charge is 0.328 e. The summed E-state index contributed by atoms with van der Waals surface area (Å²) in [5.74, 6) is 0. The van der Waals surface area contributed by atoms with Crippen molar-refractivity contribution < 1.29 is 4.39 Å². The Bertz CT molecular complexity index is 343. The van der Waals surface area contributed by atoms with E-state index >= 15 is 0 Å². The molecule has 1 aromatic rings. The number of nitrogens with zero attached hydrogens (tertiary/aromatic N) is 1. The maximum Gasteiger partial charge on any atom is 0.137 e. The van der Waals surface area contributed by atoms with Crippen LogP contribution in [0.5, 0.6) is 0 Å². The maximum atomic E-state index is 14.6. The van der Waals surface area contributed by atoms with Crippen molar-refractivity contribution >= 4 is 0 Å². The summed E-state index contributed by atoms with van der Waals surface area (Å²) in [4.78, 5) is 4.01. The van der Waals surface area contributed by atoms with Crippen molar-refractivity contribution in [3.05, 3.63) is 29.6 Å². The third kappa shape index (κ3) is 2.02. The van der Waals surface area contributed by atoms with Crippen LogP contribution in [0.1, 0.15) is 36.8 Å². The minimum absolute atomic E-state index is 0.172. The second-order valence-corrected chi connectivity index (χ2v) is 4.49. The van der Waals surface area contributed by atoms with E-state index in [1.165, 1.54) is 0 Å². The van der Waals surface area contributed by atoms with Crippen LogP contribution in [0.15, 0.2) is 18.5 Å². The molecule has 0 radical (unpaired) electrons. The molecular formula is C12H17FN2. The molecule has 82 valence electrons. The van der Waals surface area contributed by atoms with E-state index in [1.807, 2.05) is 13.0 Å². The van der Waals surface area contributed by atoms with Crippen molar-refractivity contribution in [1.29, 1.82) is 0 Å². The quantitative estimate of drug-likeness (QED) is 0.770. The van der Waals surface area contributed by atoms with E-state index < -0.39 is 5.67 Å². The highest BCUT2D eigenvalue weighted by Crippen LogP contribution is 2.41. The standard InChI is InChI=1S/C12H17FN2/c1-9-4-7-15-8-11(9)12(13)5-2-10(14)3-6-12/h4,7-8,10H,2-3,5-6,14H2,1H3. The van der Waals surface area contributed by atoms with Crippen molar-refractivity contribution in [3.8, 4) is 0 Å². The Morgan fingerprint density at radius 3 is 2.73 bits per heavy atom. The van der Waals surface area contributed by atoms with Crippen LogP contribution in [0.4, 0.5) is 4.39 Å². The fraction of sp³-hybridized carbons (Fsp3) is 0.583. The zero-order chi connectivity index (χ0) is 10.9. The summed E-state index contributed by atoms with van der Waals surface area (Å²) in [5, 5.41) is 0. The Kier molecular flexibility index (Phi) is 2.74. The Morgan fingerprint density at radius 1 is 1.47 bits per heavy atom. The maximum absolute atomic E-state index is 14.6. The first-order valence-corrected chi connectivity index (χ1v) is 5.47. The average molecular weight is 208 g/mol. The average Bonchev–Trinajstić information content (AvgIpc) is 2.23. The van der Waals surface area contributed by atoms with E-state index in [0.29, 0.717) is 12.8 Å². The highest BCUT2D eigenvalue weighted by molar-refractivity contribution is 5.28. The lowest BCUT2D eigenvalue weighted by Gasteiger charge is -2.33. The van der Waals surface area contributed by atoms with Gasteiger partial charge in [0.15, 0.2) is 0 Å². The van der Waals surface area contributed by atoms with Gasteiger partial charge in [-0.25, -0.2) is 4.39 Å². The summed E-state index contributed by atoms with van der Waals surface area (Å²) in [7, 11) is 0. The molecule has 0 unspecified atom stereocenters. The third-order valence-corrected chi connectivity index (χ3v) is 3.34. The van der Waals surface area contributed by atoms with E-state index in [-0.39, 0.29) is 6.04 Å². The molecule has 1 saturated carbocycles. The minimum atomic E-state index is -1.20. The lowest BCUT2D eigenvalue weighted by atomic mass is 9.78. The van der Waals surface area contributed by atoms with Gasteiger partial charge in [-0.15, -0.1) is 0 Å². The van der Waals surface area contributed by atoms with Gasteiger partial charge in [0.05, 0.1) is 0 Å². The van der Waals surface area contributed by atoms with Gasteiger partial charge in [-0.1, -0.05) is 0 Å². The van der Waals surface area contributed by atoms with Crippen molar-refractivity contribution in [2.75, 3.05) is 0 Å². The highest BCUT2D eigenvalue weighted by atomic mass is 19.1. The lowest BCUT2D eigenvalue weighted by Crippen LogP contribution is -2.34. The Morgan fingerprint density at radius 2 is 2.13 bits per heavy atom. The summed E-state index contributed by atoms with van der Waals surface area (Å²) in [6.45, 7) is 1.94. The van der Waals surface area contributed by atoms with Gasteiger partial charge in [-0.2, -0.15) is 0 Å². The predicted octanol–water partition coefficient (Wildman–Crippen LogP) is 2.46. The summed E-state index contributed by atoms with van der Waals surface area (Å²) in [5.41, 5.74) is 6.33. The fourth-order valence-corrected chi connectivity index (χ4v) is 2.30. The SMILES string of the molecule is Cc1ccncc1C1(F)CCC(N)CC1. The Labute approximate surface area is 89.7 Å². The van der Waals surface area contributed by atoms with Gasteiger partial charge in [0.1, 0.15) is 5.67 Å². The molecule has 3 heteroatoms. The van der Waals surface area contributed by atoms with Crippen LogP contribution in [0, 0.1) is 6.92 Å². The number of aryl methyl sites for hydroxylation is 1. The van der Waals surface area contributed by atoms with Gasteiger partial charge >= 0.3 is 0 Å². The van der Waals surface area contributed by atoms with Gasteiger partial charge in [0, 0.05) is 24.0 Å². The molecule has 1 aliphatic rings. The van der Waals surface area contributed by atoms with Gasteiger partial charge < -0.3 is 5.73 Å². The molecule has 1 aliphatic carbocycles. The van der Waals surface area contributed by atoms with Crippen LogP contribution >= 0.6 is 0 Å². The van der Waals surface area contributed by atoms with Crippen LogP contribution in [0.2, 0.25) is 0 Å². The van der Waals surface area contributed by atoms with E-state index in [2.05, 4.69) is 4.98 Å². The van der Waals surface area contributed by atoms with E-state index in [9.17, 15) is 4.39 Å². The number of alkyl halides is 1. The summed E-state index contributed by atoms with van der Waals surface area (Å²) in [6, 6.07) is 2.04. The van der Waals surface area contributed by atoms with Crippen molar-refractivity contribution in [2.24, 2.45) is 5.73 Å². The van der Waals surface area contributed by atoms with Crippen LogP contribution in [0.3, 0.4) is 0 Å². The molecule has 1 heterocycles. The smallest absolute Gasteiger partial charge is 0.137 e. The summed E-state index contributed by atoms with van der Waals surface area (Å²) in [6.07, 6.45) is 5.96. The number of nitrogens with two attached hydrogens (primary N) is 1. The molecule has 2 rings (SSSR count). The first-order chi connectivity index (χ1) is 7.12. The van der Waals surface area contributed by atoms with Crippen LogP contribution < -0.4 is 5.73 Å². The number of pyridine rings is 1. The fourth-order valence-electron chi connectivity index (χ4n) is 2.30. The molecule has 0 spiro atoms. The van der Waals surface area contributed by atoms with E-state index in [4.69, 9.17) is 5.73 Å². The van der Waals surface area contributed by atoms with Crippen molar-refractivity contribution in [3.63, 3.8) is 0 Å². The van der Waals surface area contributed by atoms with Gasteiger partial charge in [0.25, 0.3) is 0 Å². The molecular weight excluding hydrogens is 191 g/mol. The zero-order valence-corrected chi connectivity index (χ0v) is 9.04. The first-order valence-electron chi connectivity index (χ1n) is 5.47. The summed E-state index contributed by atoms with van der Waals surface area (Å²) >= 11 is 0. The molecule has 0 aromatic carbocycles. The molecule has 0 saturated heterocycles. The van der Waals surface area contributed by atoms with Crippen LogP contribution in [-0.2, 0) is 5.67 Å². The van der Waals surface area contributed by atoms with Crippen LogP contribution in [0.25, 0.3) is 0 Å².